The lowest BCUT2D eigenvalue weighted by molar-refractivity contribution is 0.0906. The number of ether oxygens (including phenoxy) is 1. The molecule has 0 saturated carbocycles. The number of carbonyl (C=O) groups is 2. The summed E-state index contributed by atoms with van der Waals surface area (Å²) in [4.78, 5) is 34.7. The maximum absolute atomic E-state index is 12.5. The first kappa shape index (κ1) is 23.2. The summed E-state index contributed by atoms with van der Waals surface area (Å²) in [7, 11) is 3.60. The Balaban J connectivity index is 1.49. The summed E-state index contributed by atoms with van der Waals surface area (Å²) in [5.74, 6) is -0.548. The number of methoxy groups -OCH3 is 1. The molecule has 2 amide bonds. The standard InChI is InChI=1S/C23H27N7O4/c1-30-12-4-5-14(30)8-11-26-22(32)23-28-21(29-34-23)15-6-3-7-18(19(15)33-2)27-17-9-10-25-13-16(17)20(24)31/h3,6-7,9-10,13-14H,4-5,8,11-12H2,1-2H3,(H2,24,31)(H,25,27)(H,26,32). The molecule has 1 atom stereocenters. The molecule has 1 fully saturated rings. The number of amides is 2. The molecule has 0 bridgehead atoms. The normalized spacial score (nSPS) is 15.8. The number of nitrogens with two attached hydrogens (primary N) is 1. The lowest BCUT2D eigenvalue weighted by Crippen LogP contribution is -2.31. The minimum Gasteiger partial charge on any atom is -0.494 e. The van der Waals surface area contributed by atoms with Crippen LogP contribution in [0.4, 0.5) is 11.4 Å². The Labute approximate surface area is 196 Å². The Hall–Kier alpha value is -3.99. The van der Waals surface area contributed by atoms with Gasteiger partial charge in [0, 0.05) is 25.0 Å². The van der Waals surface area contributed by atoms with E-state index in [9.17, 15) is 9.59 Å². The Kier molecular flexibility index (Phi) is 7.02. The van der Waals surface area contributed by atoms with Crippen molar-refractivity contribution in [1.29, 1.82) is 0 Å². The lowest BCUT2D eigenvalue weighted by Gasteiger charge is -2.18. The van der Waals surface area contributed by atoms with E-state index in [-0.39, 0.29) is 17.3 Å². The number of hydrogen-bond acceptors (Lipinski definition) is 9. The number of hydrogen-bond donors (Lipinski definition) is 3. The van der Waals surface area contributed by atoms with Gasteiger partial charge in [0.15, 0.2) is 5.75 Å². The van der Waals surface area contributed by atoms with Gasteiger partial charge in [0.1, 0.15) is 0 Å². The maximum Gasteiger partial charge on any atom is 0.316 e. The topological polar surface area (TPSA) is 148 Å². The monoisotopic (exact) mass is 465 g/mol. The van der Waals surface area contributed by atoms with Crippen LogP contribution in [0, 0.1) is 0 Å². The molecule has 3 aromatic rings. The van der Waals surface area contributed by atoms with Gasteiger partial charge < -0.3 is 30.5 Å². The number of nitrogens with zero attached hydrogens (tertiary/aromatic N) is 4. The number of likely N-dealkylation sites (tertiary alicyclic amines) is 1. The number of rotatable bonds is 9. The third kappa shape index (κ3) is 4.99. The number of pyridine rings is 1. The first-order valence-corrected chi connectivity index (χ1v) is 11.0. The molecule has 3 heterocycles. The van der Waals surface area contributed by atoms with Crippen LogP contribution in [0.2, 0.25) is 0 Å². The molecule has 1 unspecified atom stereocenters. The third-order valence-electron chi connectivity index (χ3n) is 5.87. The minimum absolute atomic E-state index is 0.125. The van der Waals surface area contributed by atoms with Gasteiger partial charge in [-0.1, -0.05) is 11.2 Å². The number of benzene rings is 1. The van der Waals surface area contributed by atoms with Crippen LogP contribution in [0.5, 0.6) is 5.75 Å². The average Bonchev–Trinajstić information content (AvgIpc) is 3.48. The SMILES string of the molecule is COc1c(Nc2ccncc2C(N)=O)cccc1-c1noc(C(=O)NCCC2CCCN2C)n1. The second-order valence-electron chi connectivity index (χ2n) is 8.04. The molecule has 0 aliphatic carbocycles. The fourth-order valence-corrected chi connectivity index (χ4v) is 4.07. The third-order valence-corrected chi connectivity index (χ3v) is 5.87. The molecule has 4 N–H and O–H groups in total. The fourth-order valence-electron chi connectivity index (χ4n) is 4.07. The van der Waals surface area contributed by atoms with E-state index in [0.717, 1.165) is 19.4 Å². The van der Waals surface area contributed by atoms with Crippen LogP contribution in [0.1, 0.15) is 40.3 Å². The highest BCUT2D eigenvalue weighted by Gasteiger charge is 2.23. The van der Waals surface area contributed by atoms with Crippen LogP contribution < -0.4 is 21.1 Å². The van der Waals surface area contributed by atoms with E-state index in [1.54, 1.807) is 30.5 Å². The quantitative estimate of drug-likeness (QED) is 0.432. The van der Waals surface area contributed by atoms with Gasteiger partial charge in [-0.05, 0) is 51.1 Å². The maximum atomic E-state index is 12.5. The molecule has 1 aliphatic heterocycles. The zero-order valence-electron chi connectivity index (χ0n) is 19.1. The molecule has 0 spiro atoms. The van der Waals surface area contributed by atoms with Gasteiger partial charge in [0.05, 0.1) is 29.6 Å². The van der Waals surface area contributed by atoms with E-state index in [0.29, 0.717) is 35.3 Å². The zero-order valence-corrected chi connectivity index (χ0v) is 19.1. The Morgan fingerprint density at radius 2 is 2.15 bits per heavy atom. The van der Waals surface area contributed by atoms with Crippen molar-refractivity contribution in [3.8, 4) is 17.1 Å². The molecule has 1 aromatic carbocycles. The highest BCUT2D eigenvalue weighted by molar-refractivity contribution is 5.99. The van der Waals surface area contributed by atoms with Crippen molar-refractivity contribution in [2.24, 2.45) is 5.73 Å². The van der Waals surface area contributed by atoms with Crippen LogP contribution in [-0.2, 0) is 0 Å². The van der Waals surface area contributed by atoms with E-state index in [1.807, 2.05) is 0 Å². The second-order valence-corrected chi connectivity index (χ2v) is 8.04. The smallest absolute Gasteiger partial charge is 0.316 e. The summed E-state index contributed by atoms with van der Waals surface area (Å²) in [5, 5.41) is 9.94. The number of primary amides is 1. The average molecular weight is 466 g/mol. The molecule has 11 nitrogen and oxygen atoms in total. The van der Waals surface area contributed by atoms with Crippen molar-refractivity contribution in [3.63, 3.8) is 0 Å². The molecular weight excluding hydrogens is 438 g/mol. The summed E-state index contributed by atoms with van der Waals surface area (Å²) >= 11 is 0. The van der Waals surface area contributed by atoms with Crippen LogP contribution in [0.25, 0.3) is 11.4 Å². The van der Waals surface area contributed by atoms with Gasteiger partial charge in [-0.25, -0.2) is 0 Å². The van der Waals surface area contributed by atoms with Crippen LogP contribution in [-0.4, -0.2) is 65.1 Å². The number of nitrogens with one attached hydrogen (secondary N) is 2. The van der Waals surface area contributed by atoms with Gasteiger partial charge in [-0.3, -0.25) is 14.6 Å². The number of anilines is 2. The highest BCUT2D eigenvalue weighted by atomic mass is 16.5. The van der Waals surface area contributed by atoms with Crippen molar-refractivity contribution in [3.05, 3.63) is 48.1 Å². The minimum atomic E-state index is -0.612. The Bertz CT molecular complexity index is 1180. The molecule has 0 radical (unpaired) electrons. The van der Waals surface area contributed by atoms with E-state index in [1.165, 1.54) is 19.7 Å². The number of carbonyl (C=O) groups excluding carboxylic acids is 2. The number of para-hydroxylation sites is 1. The van der Waals surface area contributed by atoms with Gasteiger partial charge in [-0.2, -0.15) is 4.98 Å². The highest BCUT2D eigenvalue weighted by Crippen LogP contribution is 2.37. The van der Waals surface area contributed by atoms with Crippen molar-refractivity contribution in [2.75, 3.05) is 32.6 Å². The largest absolute Gasteiger partial charge is 0.494 e. The molecule has 4 rings (SSSR count). The molecule has 2 aromatic heterocycles. The summed E-state index contributed by atoms with van der Waals surface area (Å²) < 4.78 is 10.8. The first-order chi connectivity index (χ1) is 16.5. The second kappa shape index (κ2) is 10.3. The van der Waals surface area contributed by atoms with Crippen LogP contribution >= 0.6 is 0 Å². The van der Waals surface area contributed by atoms with Crippen LogP contribution in [0.15, 0.2) is 41.2 Å². The molecule has 1 aliphatic rings. The summed E-state index contributed by atoms with van der Waals surface area (Å²) in [6.07, 6.45) is 6.12. The van der Waals surface area contributed by atoms with Crippen LogP contribution in [0.3, 0.4) is 0 Å². The van der Waals surface area contributed by atoms with Crippen molar-refractivity contribution in [1.82, 2.24) is 25.3 Å². The van der Waals surface area contributed by atoms with Crippen molar-refractivity contribution in [2.45, 2.75) is 25.3 Å². The molecular formula is C23H27N7O4. The van der Waals surface area contributed by atoms with Gasteiger partial charge >= 0.3 is 11.8 Å². The molecule has 178 valence electrons. The Morgan fingerprint density at radius 1 is 1.29 bits per heavy atom. The predicted molar refractivity (Wildman–Crippen MR) is 125 cm³/mol. The summed E-state index contributed by atoms with van der Waals surface area (Å²) in [6, 6.07) is 7.38. The summed E-state index contributed by atoms with van der Waals surface area (Å²) in [5.41, 5.74) is 7.21. The Morgan fingerprint density at radius 3 is 2.88 bits per heavy atom. The molecule has 11 heteroatoms. The molecule has 34 heavy (non-hydrogen) atoms. The zero-order chi connectivity index (χ0) is 24.1. The fraction of sp³-hybridized carbons (Fsp3) is 0.348. The molecule has 1 saturated heterocycles. The van der Waals surface area contributed by atoms with Gasteiger partial charge in [-0.15, -0.1) is 0 Å². The van der Waals surface area contributed by atoms with E-state index in [2.05, 4.69) is 37.7 Å². The lowest BCUT2D eigenvalue weighted by atomic mass is 10.1. The summed E-state index contributed by atoms with van der Waals surface area (Å²) in [6.45, 7) is 1.62. The van der Waals surface area contributed by atoms with E-state index < -0.39 is 11.8 Å². The predicted octanol–water partition coefficient (Wildman–Crippen LogP) is 2.20. The van der Waals surface area contributed by atoms with E-state index in [4.69, 9.17) is 15.0 Å². The van der Waals surface area contributed by atoms with Gasteiger partial charge in [0.25, 0.3) is 5.91 Å². The van der Waals surface area contributed by atoms with Crippen molar-refractivity contribution < 1.29 is 18.8 Å². The first-order valence-electron chi connectivity index (χ1n) is 11.0. The van der Waals surface area contributed by atoms with Crippen molar-refractivity contribution >= 4 is 23.2 Å². The van der Waals surface area contributed by atoms with Gasteiger partial charge in [0.2, 0.25) is 5.82 Å². The van der Waals surface area contributed by atoms with E-state index >= 15 is 0 Å². The number of aromatic nitrogens is 3.